The van der Waals surface area contributed by atoms with E-state index in [1.165, 1.54) is 6.92 Å². The number of fused-ring (bicyclic) bond motifs is 2. The van der Waals surface area contributed by atoms with Crippen molar-refractivity contribution in [3.05, 3.63) is 74.6 Å². The van der Waals surface area contributed by atoms with Crippen molar-refractivity contribution in [1.29, 1.82) is 0 Å². The summed E-state index contributed by atoms with van der Waals surface area (Å²) in [7, 11) is 5.72. The second kappa shape index (κ2) is 11.2. The molecule has 45 heavy (non-hydrogen) atoms. The number of carbonyl (C=O) groups excluding carboxylic acids is 1. The van der Waals surface area contributed by atoms with E-state index in [1.54, 1.807) is 37.7 Å². The minimum atomic E-state index is -0.343. The van der Waals surface area contributed by atoms with E-state index in [9.17, 15) is 9.59 Å². The van der Waals surface area contributed by atoms with E-state index in [2.05, 4.69) is 33.8 Å². The van der Waals surface area contributed by atoms with E-state index >= 15 is 0 Å². The molecule has 10 nitrogen and oxygen atoms in total. The van der Waals surface area contributed by atoms with Gasteiger partial charge in [0.25, 0.3) is 0 Å². The number of nitrogens with zero attached hydrogens (tertiary/aromatic N) is 6. The van der Waals surface area contributed by atoms with E-state index in [0.29, 0.717) is 51.3 Å². The molecule has 4 aromatic rings. The third kappa shape index (κ3) is 5.09. The Labute approximate surface area is 271 Å². The molecule has 0 atom stereocenters. The number of Topliss-reactive ketones (excluding diaryl/α,β-unsaturated/α-hetero) is 1. The molecule has 0 radical (unpaired) electrons. The van der Waals surface area contributed by atoms with E-state index in [0.717, 1.165) is 49.7 Å². The van der Waals surface area contributed by atoms with E-state index in [1.807, 2.05) is 22.8 Å². The summed E-state index contributed by atoms with van der Waals surface area (Å²) in [6.45, 7) is 4.41. The van der Waals surface area contributed by atoms with Crippen LogP contribution in [0, 0.1) is 5.92 Å². The Hall–Kier alpha value is -3.86. The van der Waals surface area contributed by atoms with Crippen molar-refractivity contribution in [2.24, 2.45) is 5.92 Å². The van der Waals surface area contributed by atoms with Crippen molar-refractivity contribution in [1.82, 2.24) is 19.4 Å². The van der Waals surface area contributed by atoms with Gasteiger partial charge in [0.1, 0.15) is 17.4 Å². The van der Waals surface area contributed by atoms with Gasteiger partial charge in [-0.2, -0.15) is 4.98 Å². The number of methoxy groups -OCH3 is 1. The number of aromatic nitrogens is 3. The number of halogens is 2. The Morgan fingerprint density at radius 3 is 2.53 bits per heavy atom. The van der Waals surface area contributed by atoms with Crippen LogP contribution in [0.4, 0.5) is 11.5 Å². The molecular formula is C33H34Cl2N6O4. The molecular weight excluding hydrogens is 615 g/mol. The lowest BCUT2D eigenvalue weighted by Gasteiger charge is -2.43. The molecule has 4 fully saturated rings. The number of ketones is 1. The first-order chi connectivity index (χ1) is 21.6. The summed E-state index contributed by atoms with van der Waals surface area (Å²) >= 11 is 13.3. The normalized spacial score (nSPS) is 20.8. The maximum atomic E-state index is 13.5. The Morgan fingerprint density at radius 1 is 1.09 bits per heavy atom. The minimum absolute atomic E-state index is 0.0999. The quantitative estimate of drug-likeness (QED) is 0.230. The highest BCUT2D eigenvalue weighted by atomic mass is 35.5. The van der Waals surface area contributed by atoms with Crippen molar-refractivity contribution in [2.75, 3.05) is 57.2 Å². The van der Waals surface area contributed by atoms with Gasteiger partial charge in [-0.3, -0.25) is 9.59 Å². The average molecular weight is 650 g/mol. The highest BCUT2D eigenvalue weighted by Gasteiger charge is 2.57. The number of pyridine rings is 3. The number of carbonyl (C=O) groups is 1. The van der Waals surface area contributed by atoms with Gasteiger partial charge in [0.05, 0.1) is 46.3 Å². The Balaban J connectivity index is 1.25. The van der Waals surface area contributed by atoms with Crippen LogP contribution in [-0.2, 0) is 0 Å². The van der Waals surface area contributed by atoms with Crippen molar-refractivity contribution < 1.29 is 14.3 Å². The lowest BCUT2D eigenvalue weighted by molar-refractivity contribution is 0.101. The van der Waals surface area contributed by atoms with Gasteiger partial charge >= 0.3 is 0 Å². The molecule has 0 unspecified atom stereocenters. The summed E-state index contributed by atoms with van der Waals surface area (Å²) in [6.07, 6.45) is 5.28. The van der Waals surface area contributed by atoms with Gasteiger partial charge in [0.15, 0.2) is 11.2 Å². The molecule has 3 saturated heterocycles. The molecule has 3 aliphatic heterocycles. The Bertz CT molecular complexity index is 1870. The standard InChI is InChI=1S/C33H34Cl2N6O4/c1-19(42)24-17-40(21-5-7-29(36-13-21)39-15-22(16-39)38(2)3)27-10-28(26(35)9-23(27)31(24)43)41-14-20-11-33(41,12-20)18-45-32-25(34)6-8-30(37-32)44-4/h5-10,13,17,20,22H,11-12,14-16,18H2,1-4H3. The van der Waals surface area contributed by atoms with Gasteiger partial charge < -0.3 is 28.7 Å². The van der Waals surface area contributed by atoms with Crippen molar-refractivity contribution >= 4 is 51.4 Å². The van der Waals surface area contributed by atoms with Crippen LogP contribution in [0.5, 0.6) is 11.8 Å². The maximum absolute atomic E-state index is 13.5. The summed E-state index contributed by atoms with van der Waals surface area (Å²) < 4.78 is 13.3. The Kier molecular flexibility index (Phi) is 7.42. The van der Waals surface area contributed by atoms with Crippen molar-refractivity contribution in [3.63, 3.8) is 0 Å². The molecule has 1 aromatic carbocycles. The van der Waals surface area contributed by atoms with Crippen LogP contribution in [0.15, 0.2) is 53.6 Å². The highest BCUT2D eigenvalue weighted by Crippen LogP contribution is 2.54. The SMILES string of the molecule is COc1ccc(Cl)c(OCC23CC(CN2c2cc4c(cc2Cl)c(=O)c(C(C)=O)cn4-c2ccc(N4CC(N(C)C)C4)nc2)C3)n1. The van der Waals surface area contributed by atoms with Crippen LogP contribution in [0.2, 0.25) is 10.0 Å². The molecule has 234 valence electrons. The molecule has 2 bridgehead atoms. The molecule has 3 aromatic heterocycles. The first-order valence-corrected chi connectivity index (χ1v) is 15.7. The lowest BCUT2D eigenvalue weighted by atomic mass is 9.74. The molecule has 12 heteroatoms. The van der Waals surface area contributed by atoms with E-state index in [4.69, 9.17) is 37.7 Å². The number of rotatable bonds is 9. The van der Waals surface area contributed by atoms with E-state index in [-0.39, 0.29) is 22.3 Å². The Morgan fingerprint density at radius 2 is 1.87 bits per heavy atom. The number of anilines is 2. The van der Waals surface area contributed by atoms with Gasteiger partial charge in [-0.25, -0.2) is 4.98 Å². The van der Waals surface area contributed by atoms with Crippen LogP contribution in [-0.4, -0.2) is 84.2 Å². The van der Waals surface area contributed by atoms with Gasteiger partial charge in [-0.15, -0.1) is 0 Å². The summed E-state index contributed by atoms with van der Waals surface area (Å²) in [4.78, 5) is 41.9. The van der Waals surface area contributed by atoms with Crippen LogP contribution < -0.4 is 24.7 Å². The number of hydrogen-bond donors (Lipinski definition) is 0. The first-order valence-electron chi connectivity index (χ1n) is 15.0. The van der Waals surface area contributed by atoms with Gasteiger partial charge in [-0.1, -0.05) is 23.2 Å². The van der Waals surface area contributed by atoms with Crippen LogP contribution in [0.1, 0.15) is 30.1 Å². The zero-order valence-corrected chi connectivity index (χ0v) is 27.1. The summed E-state index contributed by atoms with van der Waals surface area (Å²) in [5.41, 5.74) is 1.65. The predicted molar refractivity (Wildman–Crippen MR) is 176 cm³/mol. The van der Waals surface area contributed by atoms with Crippen LogP contribution >= 0.6 is 23.2 Å². The number of hydrogen-bond acceptors (Lipinski definition) is 9. The number of likely N-dealkylation sites (N-methyl/N-ethyl adjacent to an activating group) is 1. The highest BCUT2D eigenvalue weighted by molar-refractivity contribution is 6.34. The fraction of sp³-hybridized carbons (Fsp3) is 0.394. The van der Waals surface area contributed by atoms with Crippen LogP contribution in [0.25, 0.3) is 16.6 Å². The molecule has 6 heterocycles. The predicted octanol–water partition coefficient (Wildman–Crippen LogP) is 5.10. The molecule has 4 aliphatic rings. The fourth-order valence-corrected chi connectivity index (χ4v) is 7.30. The van der Waals surface area contributed by atoms with E-state index < -0.39 is 0 Å². The van der Waals surface area contributed by atoms with Crippen molar-refractivity contribution in [3.8, 4) is 17.4 Å². The average Bonchev–Trinajstić information content (AvgIpc) is 3.52. The van der Waals surface area contributed by atoms with Gasteiger partial charge in [0.2, 0.25) is 11.8 Å². The zero-order chi connectivity index (χ0) is 31.6. The molecule has 0 amide bonds. The summed E-state index contributed by atoms with van der Waals surface area (Å²) in [6, 6.07) is 11.5. The fourth-order valence-electron chi connectivity index (χ4n) is 6.87. The number of benzene rings is 1. The zero-order valence-electron chi connectivity index (χ0n) is 25.6. The molecule has 0 spiro atoms. The van der Waals surface area contributed by atoms with Gasteiger partial charge in [-0.05, 0) is 70.1 Å². The lowest BCUT2D eigenvalue weighted by Crippen LogP contribution is -2.57. The molecule has 1 saturated carbocycles. The monoisotopic (exact) mass is 648 g/mol. The molecule has 0 N–H and O–H groups in total. The maximum Gasteiger partial charge on any atom is 0.235 e. The largest absolute Gasteiger partial charge is 0.481 e. The second-order valence-electron chi connectivity index (χ2n) is 12.6. The number of ether oxygens (including phenoxy) is 2. The van der Waals surface area contributed by atoms with Crippen LogP contribution in [0.3, 0.4) is 0 Å². The van der Waals surface area contributed by atoms with Gasteiger partial charge in [0, 0.05) is 43.3 Å². The summed E-state index contributed by atoms with van der Waals surface area (Å²) in [5.74, 6) is 1.83. The smallest absolute Gasteiger partial charge is 0.235 e. The second-order valence-corrected chi connectivity index (χ2v) is 13.4. The summed E-state index contributed by atoms with van der Waals surface area (Å²) in [5, 5.41) is 1.23. The third-order valence-corrected chi connectivity index (χ3v) is 10.1. The topological polar surface area (TPSA) is 93.0 Å². The molecule has 1 aliphatic carbocycles. The third-order valence-electron chi connectivity index (χ3n) is 9.49. The van der Waals surface area contributed by atoms with Crippen molar-refractivity contribution in [2.45, 2.75) is 31.3 Å². The molecule has 8 rings (SSSR count). The first kappa shape index (κ1) is 29.8. The minimum Gasteiger partial charge on any atom is -0.481 e.